The van der Waals surface area contributed by atoms with E-state index in [0.717, 1.165) is 29.9 Å². The second kappa shape index (κ2) is 7.39. The van der Waals surface area contributed by atoms with Crippen LogP contribution in [-0.2, 0) is 11.3 Å². The second-order valence-corrected chi connectivity index (χ2v) is 6.74. The van der Waals surface area contributed by atoms with Crippen molar-refractivity contribution in [3.05, 3.63) is 48.0 Å². The summed E-state index contributed by atoms with van der Waals surface area (Å²) in [6.07, 6.45) is 1.36. The molecule has 1 atom stereocenters. The maximum atomic E-state index is 13.2. The lowest BCUT2D eigenvalue weighted by atomic mass is 10.1. The molecule has 142 valence electrons. The predicted octanol–water partition coefficient (Wildman–Crippen LogP) is 3.03. The third-order valence-electron chi connectivity index (χ3n) is 4.88. The molecule has 4 rings (SSSR count). The van der Waals surface area contributed by atoms with Gasteiger partial charge in [0, 0.05) is 18.2 Å². The number of ether oxygens (including phenoxy) is 4. The number of carbonyl (C=O) groups is 1. The Bertz CT molecular complexity index is 833. The highest BCUT2D eigenvalue weighted by Crippen LogP contribution is 2.35. The summed E-state index contributed by atoms with van der Waals surface area (Å²) in [5.74, 6) is 2.70. The van der Waals surface area contributed by atoms with Crippen LogP contribution >= 0.6 is 0 Å². The summed E-state index contributed by atoms with van der Waals surface area (Å²) in [5, 5.41) is 0. The van der Waals surface area contributed by atoms with Gasteiger partial charge in [0.05, 0.1) is 14.2 Å². The minimum absolute atomic E-state index is 0.0584. The van der Waals surface area contributed by atoms with E-state index in [9.17, 15) is 4.79 Å². The lowest BCUT2D eigenvalue weighted by Gasteiger charge is -2.31. The molecule has 2 aromatic rings. The van der Waals surface area contributed by atoms with Crippen LogP contribution < -0.4 is 18.9 Å². The molecule has 1 amide bonds. The van der Waals surface area contributed by atoms with Crippen LogP contribution in [0.25, 0.3) is 0 Å². The highest BCUT2D eigenvalue weighted by atomic mass is 16.6. The molecule has 6 nitrogen and oxygen atoms in total. The van der Waals surface area contributed by atoms with E-state index in [0.29, 0.717) is 18.0 Å². The van der Waals surface area contributed by atoms with Crippen molar-refractivity contribution < 1.29 is 23.7 Å². The Hall–Kier alpha value is -2.89. The normalized spacial score (nSPS) is 17.9. The van der Waals surface area contributed by atoms with Gasteiger partial charge in [0.15, 0.2) is 11.5 Å². The Morgan fingerprint density at radius 3 is 2.59 bits per heavy atom. The average Bonchev–Trinajstić information content (AvgIpc) is 3.56. The zero-order valence-corrected chi connectivity index (χ0v) is 15.5. The van der Waals surface area contributed by atoms with E-state index in [2.05, 4.69) is 0 Å². The van der Waals surface area contributed by atoms with Gasteiger partial charge in [0.2, 0.25) is 6.10 Å². The van der Waals surface area contributed by atoms with Crippen LogP contribution in [0.1, 0.15) is 18.4 Å². The highest BCUT2D eigenvalue weighted by molar-refractivity contribution is 5.82. The van der Waals surface area contributed by atoms with Gasteiger partial charge in [0.1, 0.15) is 18.1 Å². The van der Waals surface area contributed by atoms with Crippen LogP contribution in [0.4, 0.5) is 0 Å². The van der Waals surface area contributed by atoms with E-state index >= 15 is 0 Å². The smallest absolute Gasteiger partial charge is 0.267 e. The molecule has 1 heterocycles. The number of fused-ring (bicyclic) bond motifs is 1. The first-order valence-corrected chi connectivity index (χ1v) is 9.09. The molecule has 1 fully saturated rings. The van der Waals surface area contributed by atoms with Gasteiger partial charge in [0.25, 0.3) is 5.91 Å². The van der Waals surface area contributed by atoms with Crippen LogP contribution in [0.2, 0.25) is 0 Å². The number of rotatable bonds is 6. The van der Waals surface area contributed by atoms with Crippen molar-refractivity contribution >= 4 is 5.91 Å². The SMILES string of the molecule is COc1ccc(OC)c(CN(C(=O)[C@@H]2COc3ccccc3O2)C2CC2)c1. The number of amides is 1. The van der Waals surface area contributed by atoms with E-state index in [-0.39, 0.29) is 18.6 Å². The maximum Gasteiger partial charge on any atom is 0.267 e. The van der Waals surface area contributed by atoms with Crippen molar-refractivity contribution in [1.82, 2.24) is 4.90 Å². The summed E-state index contributed by atoms with van der Waals surface area (Å²) >= 11 is 0. The van der Waals surface area contributed by atoms with Crippen molar-refractivity contribution in [2.24, 2.45) is 0 Å². The predicted molar refractivity (Wildman–Crippen MR) is 99.5 cm³/mol. The lowest BCUT2D eigenvalue weighted by Crippen LogP contribution is -2.47. The van der Waals surface area contributed by atoms with Crippen molar-refractivity contribution in [1.29, 1.82) is 0 Å². The molecule has 6 heteroatoms. The van der Waals surface area contributed by atoms with Crippen LogP contribution in [0.3, 0.4) is 0 Å². The van der Waals surface area contributed by atoms with E-state index in [1.807, 2.05) is 47.4 Å². The molecule has 0 spiro atoms. The molecule has 2 aliphatic rings. The van der Waals surface area contributed by atoms with Crippen LogP contribution in [0.5, 0.6) is 23.0 Å². The van der Waals surface area contributed by atoms with Gasteiger partial charge in [-0.3, -0.25) is 4.79 Å². The summed E-state index contributed by atoms with van der Waals surface area (Å²) in [6.45, 7) is 0.666. The van der Waals surface area contributed by atoms with Crippen LogP contribution in [0, 0.1) is 0 Å². The molecule has 0 radical (unpaired) electrons. The fourth-order valence-electron chi connectivity index (χ4n) is 3.29. The minimum atomic E-state index is -0.642. The molecule has 0 bridgehead atoms. The molecular formula is C21H23NO5. The van der Waals surface area contributed by atoms with Gasteiger partial charge in [-0.2, -0.15) is 0 Å². The number of hydrogen-bond acceptors (Lipinski definition) is 5. The third kappa shape index (κ3) is 3.65. The van der Waals surface area contributed by atoms with Crippen molar-refractivity contribution in [3.8, 4) is 23.0 Å². The number of carbonyl (C=O) groups excluding carboxylic acids is 1. The monoisotopic (exact) mass is 369 g/mol. The Balaban J connectivity index is 1.54. The summed E-state index contributed by atoms with van der Waals surface area (Å²) in [6, 6.07) is 13.3. The first kappa shape index (κ1) is 17.5. The average molecular weight is 369 g/mol. The zero-order valence-electron chi connectivity index (χ0n) is 15.5. The van der Waals surface area contributed by atoms with E-state index in [1.54, 1.807) is 14.2 Å². The molecule has 0 saturated heterocycles. The fourth-order valence-corrected chi connectivity index (χ4v) is 3.29. The summed E-state index contributed by atoms with van der Waals surface area (Å²) < 4.78 is 22.4. The van der Waals surface area contributed by atoms with E-state index in [1.165, 1.54) is 0 Å². The number of hydrogen-bond donors (Lipinski definition) is 0. The Kier molecular flexibility index (Phi) is 4.79. The maximum absolute atomic E-state index is 13.2. The molecule has 0 N–H and O–H groups in total. The Labute approximate surface area is 158 Å². The highest BCUT2D eigenvalue weighted by Gasteiger charge is 2.39. The molecule has 0 unspecified atom stereocenters. The van der Waals surface area contributed by atoms with E-state index < -0.39 is 6.10 Å². The number of methoxy groups -OCH3 is 2. The number of para-hydroxylation sites is 2. The molecule has 1 aliphatic heterocycles. The zero-order chi connectivity index (χ0) is 18.8. The summed E-state index contributed by atoms with van der Waals surface area (Å²) in [7, 11) is 3.25. The molecule has 1 saturated carbocycles. The van der Waals surface area contributed by atoms with Crippen LogP contribution in [-0.4, -0.2) is 43.8 Å². The van der Waals surface area contributed by atoms with Gasteiger partial charge in [-0.25, -0.2) is 0 Å². The quantitative estimate of drug-likeness (QED) is 0.783. The largest absolute Gasteiger partial charge is 0.497 e. The van der Waals surface area contributed by atoms with Gasteiger partial charge in [-0.15, -0.1) is 0 Å². The van der Waals surface area contributed by atoms with Crippen molar-refractivity contribution in [3.63, 3.8) is 0 Å². The number of benzene rings is 2. The first-order chi connectivity index (χ1) is 13.2. The molecule has 0 aromatic heterocycles. The third-order valence-corrected chi connectivity index (χ3v) is 4.88. The van der Waals surface area contributed by atoms with Crippen molar-refractivity contribution in [2.75, 3.05) is 20.8 Å². The molecule has 2 aromatic carbocycles. The Morgan fingerprint density at radius 2 is 1.89 bits per heavy atom. The van der Waals surface area contributed by atoms with Gasteiger partial charge in [-0.1, -0.05) is 12.1 Å². The first-order valence-electron chi connectivity index (χ1n) is 9.09. The molecule has 27 heavy (non-hydrogen) atoms. The van der Waals surface area contributed by atoms with Crippen LogP contribution in [0.15, 0.2) is 42.5 Å². The molecule has 1 aliphatic carbocycles. The van der Waals surface area contributed by atoms with Gasteiger partial charge >= 0.3 is 0 Å². The second-order valence-electron chi connectivity index (χ2n) is 6.74. The topological polar surface area (TPSA) is 57.2 Å². The standard InChI is InChI=1S/C21H23NO5/c1-24-16-9-10-17(25-2)14(11-16)12-22(15-7-8-15)21(23)20-13-26-18-5-3-4-6-19(18)27-20/h3-6,9-11,15,20H,7-8,12-13H2,1-2H3/t20-/m0/s1. The van der Waals surface area contributed by atoms with Gasteiger partial charge in [-0.05, 0) is 43.2 Å². The minimum Gasteiger partial charge on any atom is -0.497 e. The van der Waals surface area contributed by atoms with E-state index in [4.69, 9.17) is 18.9 Å². The Morgan fingerprint density at radius 1 is 1.11 bits per heavy atom. The van der Waals surface area contributed by atoms with Gasteiger partial charge < -0.3 is 23.8 Å². The fraction of sp³-hybridized carbons (Fsp3) is 0.381. The molecular weight excluding hydrogens is 346 g/mol. The van der Waals surface area contributed by atoms with Crippen molar-refractivity contribution in [2.45, 2.75) is 31.5 Å². The summed E-state index contributed by atoms with van der Waals surface area (Å²) in [4.78, 5) is 15.1. The lowest BCUT2D eigenvalue weighted by molar-refractivity contribution is -0.142. The number of nitrogens with zero attached hydrogens (tertiary/aromatic N) is 1. The summed E-state index contributed by atoms with van der Waals surface area (Å²) in [5.41, 5.74) is 0.911.